The molecule has 1 atom stereocenters. The van der Waals surface area contributed by atoms with Gasteiger partial charge in [0, 0.05) is 27.8 Å². The number of hydrogen-bond acceptors (Lipinski definition) is 5. The van der Waals surface area contributed by atoms with Gasteiger partial charge in [0.25, 0.3) is 0 Å². The number of para-hydroxylation sites is 2. The summed E-state index contributed by atoms with van der Waals surface area (Å²) >= 11 is 1.45. The van der Waals surface area contributed by atoms with Crippen LogP contribution < -0.4 is 5.32 Å². The number of benzene rings is 4. The van der Waals surface area contributed by atoms with E-state index < -0.39 is 23.2 Å². The van der Waals surface area contributed by atoms with Crippen molar-refractivity contribution in [1.29, 1.82) is 0 Å². The van der Waals surface area contributed by atoms with E-state index >= 15 is 0 Å². The Morgan fingerprint density at radius 1 is 0.805 bits per heavy atom. The van der Waals surface area contributed by atoms with E-state index in [1.54, 1.807) is 20.8 Å². The quantitative estimate of drug-likeness (QED) is 0.195. The molecule has 0 aliphatic carbocycles. The normalized spacial score (nSPS) is 13.2. The summed E-state index contributed by atoms with van der Waals surface area (Å²) in [4.78, 5) is 24.1. The molecule has 0 saturated heterocycles. The molecule has 0 spiro atoms. The van der Waals surface area contributed by atoms with Crippen molar-refractivity contribution in [2.45, 2.75) is 44.6 Å². The minimum Gasteiger partial charge on any atom is -0.479 e. The van der Waals surface area contributed by atoms with E-state index in [1.807, 2.05) is 30.3 Å². The molecule has 0 unspecified atom stereocenters. The van der Waals surface area contributed by atoms with Gasteiger partial charge in [0.15, 0.2) is 0 Å². The van der Waals surface area contributed by atoms with Crippen LogP contribution in [0.2, 0.25) is 0 Å². The Hall–Kier alpha value is -4.23. The standard InChI is InChI=1S/C34H33NO5S/c1-33(2,3)40-32(38)35-34(4,31(36)37)21-41-20-22-12-14-23(15-13-22)24-16-18-25(19-17-24)26-9-7-10-28-27-8-5-6-11-29(27)39-30(26)28/h5-19H,20-21H2,1-4H3,(H,35,38)(H,36,37)/t34-/m0/s1. The number of thioether (sulfide) groups is 1. The SMILES string of the molecule is CC(C)(C)OC(=O)N[C@@](C)(CSCc1ccc(-c2ccc(-c3cccc4c3oc3ccccc34)cc2)cc1)C(=O)O. The number of aliphatic carboxylic acids is 1. The second-order valence-electron chi connectivity index (χ2n) is 11.3. The van der Waals surface area contributed by atoms with Crippen molar-refractivity contribution in [2.75, 3.05) is 5.75 Å². The van der Waals surface area contributed by atoms with Gasteiger partial charge in [-0.3, -0.25) is 0 Å². The monoisotopic (exact) mass is 567 g/mol. The molecule has 7 heteroatoms. The largest absolute Gasteiger partial charge is 0.479 e. The number of fused-ring (bicyclic) bond motifs is 3. The molecule has 0 aliphatic heterocycles. The van der Waals surface area contributed by atoms with E-state index in [9.17, 15) is 14.7 Å². The Bertz CT molecular complexity index is 1700. The summed E-state index contributed by atoms with van der Waals surface area (Å²) in [5.41, 5.74) is 5.04. The minimum absolute atomic E-state index is 0.197. The number of hydrogen-bond donors (Lipinski definition) is 2. The molecule has 0 saturated carbocycles. The average Bonchev–Trinajstić information content (AvgIpc) is 3.31. The molecule has 2 N–H and O–H groups in total. The molecule has 4 aromatic carbocycles. The lowest BCUT2D eigenvalue weighted by atomic mass is 9.98. The van der Waals surface area contributed by atoms with Crippen LogP contribution in [-0.2, 0) is 15.3 Å². The summed E-state index contributed by atoms with van der Waals surface area (Å²) in [5.74, 6) is -0.297. The van der Waals surface area contributed by atoms with Crippen molar-refractivity contribution >= 4 is 45.8 Å². The van der Waals surface area contributed by atoms with Crippen LogP contribution in [-0.4, -0.2) is 34.1 Å². The molecule has 0 aliphatic rings. The zero-order valence-corrected chi connectivity index (χ0v) is 24.4. The van der Waals surface area contributed by atoms with Gasteiger partial charge in [-0.25, -0.2) is 9.59 Å². The molecule has 5 aromatic rings. The van der Waals surface area contributed by atoms with Crippen LogP contribution in [0, 0.1) is 0 Å². The Morgan fingerprint density at radius 3 is 2.07 bits per heavy atom. The highest BCUT2D eigenvalue weighted by Gasteiger charge is 2.36. The van der Waals surface area contributed by atoms with E-state index in [0.717, 1.165) is 49.8 Å². The van der Waals surface area contributed by atoms with Crippen molar-refractivity contribution in [3.8, 4) is 22.3 Å². The number of carbonyl (C=O) groups excluding carboxylic acids is 1. The number of carboxylic acid groups (broad SMARTS) is 1. The van der Waals surface area contributed by atoms with Gasteiger partial charge in [-0.15, -0.1) is 0 Å². The van der Waals surface area contributed by atoms with Crippen LogP contribution in [0.25, 0.3) is 44.2 Å². The summed E-state index contributed by atoms with van der Waals surface area (Å²) in [6.07, 6.45) is -0.743. The first-order valence-electron chi connectivity index (χ1n) is 13.4. The first kappa shape index (κ1) is 28.3. The van der Waals surface area contributed by atoms with Crippen molar-refractivity contribution in [3.05, 3.63) is 96.6 Å². The van der Waals surface area contributed by atoms with Gasteiger partial charge >= 0.3 is 12.1 Å². The van der Waals surface area contributed by atoms with Gasteiger partial charge in [-0.2, -0.15) is 11.8 Å². The smallest absolute Gasteiger partial charge is 0.408 e. The third-order valence-corrected chi connectivity index (χ3v) is 8.11. The zero-order chi connectivity index (χ0) is 29.2. The van der Waals surface area contributed by atoms with Gasteiger partial charge in [0.1, 0.15) is 22.3 Å². The van der Waals surface area contributed by atoms with E-state index in [0.29, 0.717) is 5.75 Å². The van der Waals surface area contributed by atoms with Gasteiger partial charge in [-0.05, 0) is 56.0 Å². The van der Waals surface area contributed by atoms with Crippen LogP contribution in [0.15, 0.2) is 95.4 Å². The second kappa shape index (κ2) is 11.3. The van der Waals surface area contributed by atoms with Gasteiger partial charge in [0.2, 0.25) is 0 Å². The van der Waals surface area contributed by atoms with Crippen molar-refractivity contribution < 1.29 is 23.8 Å². The molecular formula is C34H33NO5S. The number of carboxylic acids is 1. The fraction of sp³-hybridized carbons (Fsp3) is 0.235. The third-order valence-electron chi connectivity index (χ3n) is 6.80. The first-order chi connectivity index (χ1) is 19.5. The highest BCUT2D eigenvalue weighted by molar-refractivity contribution is 7.98. The molecule has 5 rings (SSSR count). The summed E-state index contributed by atoms with van der Waals surface area (Å²) in [7, 11) is 0. The van der Waals surface area contributed by atoms with Gasteiger partial charge in [0.05, 0.1) is 0 Å². The maximum absolute atomic E-state index is 12.2. The van der Waals surface area contributed by atoms with Crippen LogP contribution in [0.4, 0.5) is 4.79 Å². The highest BCUT2D eigenvalue weighted by Crippen LogP contribution is 2.36. The van der Waals surface area contributed by atoms with Gasteiger partial charge < -0.3 is 19.6 Å². The summed E-state index contributed by atoms with van der Waals surface area (Å²) in [6.45, 7) is 6.70. The first-order valence-corrected chi connectivity index (χ1v) is 14.6. The Morgan fingerprint density at radius 2 is 1.41 bits per heavy atom. The Labute approximate surface area is 243 Å². The molecule has 0 bridgehead atoms. The van der Waals surface area contributed by atoms with Crippen LogP contribution in [0.1, 0.15) is 33.3 Å². The fourth-order valence-electron chi connectivity index (χ4n) is 4.66. The molecular weight excluding hydrogens is 534 g/mol. The number of furan rings is 1. The average molecular weight is 568 g/mol. The number of alkyl carbamates (subject to hydrolysis) is 1. The predicted molar refractivity (Wildman–Crippen MR) is 166 cm³/mol. The molecule has 41 heavy (non-hydrogen) atoms. The molecule has 0 fully saturated rings. The van der Waals surface area contributed by atoms with Crippen molar-refractivity contribution in [1.82, 2.24) is 5.32 Å². The van der Waals surface area contributed by atoms with Crippen molar-refractivity contribution in [3.63, 3.8) is 0 Å². The maximum Gasteiger partial charge on any atom is 0.408 e. The molecule has 1 amide bonds. The molecule has 1 aromatic heterocycles. The minimum atomic E-state index is -1.44. The summed E-state index contributed by atoms with van der Waals surface area (Å²) in [6, 6.07) is 31.0. The molecule has 6 nitrogen and oxygen atoms in total. The van der Waals surface area contributed by atoms with Crippen LogP contribution >= 0.6 is 11.8 Å². The maximum atomic E-state index is 12.2. The number of ether oxygens (including phenoxy) is 1. The second-order valence-corrected chi connectivity index (χ2v) is 12.3. The van der Waals surface area contributed by atoms with E-state index in [4.69, 9.17) is 9.15 Å². The fourth-order valence-corrected chi connectivity index (χ4v) is 5.80. The van der Waals surface area contributed by atoms with E-state index in [2.05, 4.69) is 66.0 Å². The van der Waals surface area contributed by atoms with Crippen molar-refractivity contribution in [2.24, 2.45) is 0 Å². The van der Waals surface area contributed by atoms with Gasteiger partial charge in [-0.1, -0.05) is 84.9 Å². The molecule has 0 radical (unpaired) electrons. The summed E-state index contributed by atoms with van der Waals surface area (Å²) in [5, 5.41) is 14.5. The topological polar surface area (TPSA) is 88.8 Å². The van der Waals surface area contributed by atoms with E-state index in [-0.39, 0.29) is 5.75 Å². The molecule has 210 valence electrons. The third kappa shape index (κ3) is 6.41. The van der Waals surface area contributed by atoms with Crippen LogP contribution in [0.3, 0.4) is 0 Å². The lowest BCUT2D eigenvalue weighted by Gasteiger charge is -2.28. The number of carbonyl (C=O) groups is 2. The Balaban J connectivity index is 1.24. The zero-order valence-electron chi connectivity index (χ0n) is 23.6. The highest BCUT2D eigenvalue weighted by atomic mass is 32.2. The van der Waals surface area contributed by atoms with Crippen LogP contribution in [0.5, 0.6) is 0 Å². The summed E-state index contributed by atoms with van der Waals surface area (Å²) < 4.78 is 11.4. The number of nitrogens with one attached hydrogen (secondary N) is 1. The Kier molecular flexibility index (Phi) is 7.82. The lowest BCUT2D eigenvalue weighted by molar-refractivity contribution is -0.143. The number of rotatable bonds is 8. The predicted octanol–water partition coefficient (Wildman–Crippen LogP) is 8.52. The molecule has 1 heterocycles. The lowest BCUT2D eigenvalue weighted by Crippen LogP contribution is -2.55. The van der Waals surface area contributed by atoms with E-state index in [1.165, 1.54) is 18.7 Å². The number of amides is 1.